The summed E-state index contributed by atoms with van der Waals surface area (Å²) in [6.45, 7) is 3.27. The third-order valence-electron chi connectivity index (χ3n) is 7.60. The van der Waals surface area contributed by atoms with Crippen molar-refractivity contribution < 1.29 is 9.59 Å². The zero-order valence-corrected chi connectivity index (χ0v) is 22.6. The van der Waals surface area contributed by atoms with Crippen LogP contribution in [0, 0.1) is 0 Å². The zero-order valence-electron chi connectivity index (χ0n) is 22.6. The highest BCUT2D eigenvalue weighted by Crippen LogP contribution is 2.38. The van der Waals surface area contributed by atoms with E-state index in [-0.39, 0.29) is 11.8 Å². The van der Waals surface area contributed by atoms with Gasteiger partial charge in [-0.05, 0) is 79.5 Å². The van der Waals surface area contributed by atoms with Crippen LogP contribution in [0.2, 0.25) is 0 Å². The highest BCUT2D eigenvalue weighted by molar-refractivity contribution is 6.37. The van der Waals surface area contributed by atoms with Gasteiger partial charge in [0.15, 0.2) is 0 Å². The van der Waals surface area contributed by atoms with Crippen LogP contribution in [0.25, 0.3) is 11.3 Å². The van der Waals surface area contributed by atoms with E-state index in [1.54, 1.807) is 18.0 Å². The molecule has 0 saturated carbocycles. The summed E-state index contributed by atoms with van der Waals surface area (Å²) >= 11 is 0. The first-order valence-electron chi connectivity index (χ1n) is 13.7. The number of nitrogens with one attached hydrogen (secondary N) is 2. The van der Waals surface area contributed by atoms with Crippen molar-refractivity contribution in [1.29, 1.82) is 0 Å². The van der Waals surface area contributed by atoms with E-state index in [0.717, 1.165) is 36.6 Å². The maximum atomic E-state index is 13.4. The van der Waals surface area contributed by atoms with E-state index in [1.165, 1.54) is 18.4 Å². The van der Waals surface area contributed by atoms with Crippen LogP contribution in [-0.2, 0) is 11.3 Å². The lowest BCUT2D eigenvalue weighted by atomic mass is 9.98. The van der Waals surface area contributed by atoms with Gasteiger partial charge in [0, 0.05) is 41.8 Å². The van der Waals surface area contributed by atoms with Gasteiger partial charge in [0.05, 0.1) is 11.3 Å². The fourth-order valence-electron chi connectivity index (χ4n) is 5.43. The molecule has 2 aliphatic rings. The number of hydrogen-bond donors (Lipinski definition) is 2. The number of para-hydroxylation sites is 1. The first kappa shape index (κ1) is 25.6. The van der Waals surface area contributed by atoms with Crippen LogP contribution in [0.1, 0.15) is 39.9 Å². The van der Waals surface area contributed by atoms with Gasteiger partial charge in [-0.1, -0.05) is 60.7 Å². The van der Waals surface area contributed by atoms with E-state index in [2.05, 4.69) is 39.8 Å². The minimum absolute atomic E-state index is 0.143. The minimum atomic E-state index is -0.201. The standard InChI is InChI=1S/C34H32N4O2/c1-37(28-12-6-3-7-13-28)34(40)26-16-19-30-29(22-26)31(33(39)36-30)32(25-10-4-2-5-11-25)35-27-17-14-24(15-18-27)23-38-20-8-9-21-38/h2-7,10-19,22,35H,8-9,20-21,23H2,1H3,(H,36,39). The largest absolute Gasteiger partial charge is 0.354 e. The van der Waals surface area contributed by atoms with E-state index in [0.29, 0.717) is 28.1 Å². The lowest BCUT2D eigenvalue weighted by molar-refractivity contribution is -0.110. The zero-order chi connectivity index (χ0) is 27.5. The molecule has 2 N–H and O–H groups in total. The van der Waals surface area contributed by atoms with Gasteiger partial charge in [-0.15, -0.1) is 0 Å². The van der Waals surface area contributed by atoms with Crippen LogP contribution in [0.4, 0.5) is 17.1 Å². The maximum absolute atomic E-state index is 13.4. The molecule has 0 atom stereocenters. The van der Waals surface area contributed by atoms with Crippen molar-refractivity contribution >= 4 is 40.1 Å². The van der Waals surface area contributed by atoms with Crippen molar-refractivity contribution in [3.05, 3.63) is 125 Å². The second-order valence-corrected chi connectivity index (χ2v) is 10.3. The number of fused-ring (bicyclic) bond motifs is 1. The topological polar surface area (TPSA) is 64.7 Å². The molecule has 1 saturated heterocycles. The van der Waals surface area contributed by atoms with Gasteiger partial charge < -0.3 is 15.5 Å². The molecule has 2 amide bonds. The third-order valence-corrected chi connectivity index (χ3v) is 7.60. The molecule has 0 spiro atoms. The van der Waals surface area contributed by atoms with E-state index >= 15 is 0 Å². The Morgan fingerprint density at radius 1 is 0.850 bits per heavy atom. The number of nitrogens with zero attached hydrogens (tertiary/aromatic N) is 2. The first-order chi connectivity index (χ1) is 19.6. The van der Waals surface area contributed by atoms with Crippen molar-refractivity contribution in [3.8, 4) is 0 Å². The van der Waals surface area contributed by atoms with Crippen LogP contribution < -0.4 is 15.5 Å². The summed E-state index contributed by atoms with van der Waals surface area (Å²) in [5.41, 5.74) is 6.98. The summed E-state index contributed by atoms with van der Waals surface area (Å²) in [6, 6.07) is 33.2. The summed E-state index contributed by atoms with van der Waals surface area (Å²) in [5, 5.41) is 6.53. The molecule has 6 heteroatoms. The lowest BCUT2D eigenvalue weighted by Crippen LogP contribution is -2.26. The van der Waals surface area contributed by atoms with Crippen molar-refractivity contribution in [2.45, 2.75) is 19.4 Å². The molecule has 4 aromatic rings. The van der Waals surface area contributed by atoms with Crippen LogP contribution in [0.15, 0.2) is 103 Å². The minimum Gasteiger partial charge on any atom is -0.354 e. The predicted octanol–water partition coefficient (Wildman–Crippen LogP) is 6.49. The van der Waals surface area contributed by atoms with Gasteiger partial charge >= 0.3 is 0 Å². The SMILES string of the molecule is CN(C(=O)c1ccc2c(c1)C(=C(Nc1ccc(CN3CCCC3)cc1)c1ccccc1)C(=O)N2)c1ccccc1. The highest BCUT2D eigenvalue weighted by Gasteiger charge is 2.30. The van der Waals surface area contributed by atoms with Crippen LogP contribution >= 0.6 is 0 Å². The molecule has 6 rings (SSSR count). The van der Waals surface area contributed by atoms with E-state index in [9.17, 15) is 9.59 Å². The van der Waals surface area contributed by atoms with E-state index in [4.69, 9.17) is 0 Å². The summed E-state index contributed by atoms with van der Waals surface area (Å²) < 4.78 is 0. The van der Waals surface area contributed by atoms with Gasteiger partial charge in [0.25, 0.3) is 11.8 Å². The Balaban J connectivity index is 1.36. The number of carbonyl (C=O) groups is 2. The first-order valence-corrected chi connectivity index (χ1v) is 13.7. The molecule has 0 bridgehead atoms. The number of benzene rings is 4. The number of amides is 2. The molecule has 200 valence electrons. The fourth-order valence-corrected chi connectivity index (χ4v) is 5.43. The van der Waals surface area contributed by atoms with Gasteiger partial charge in [-0.25, -0.2) is 0 Å². The monoisotopic (exact) mass is 528 g/mol. The molecule has 6 nitrogen and oxygen atoms in total. The summed E-state index contributed by atoms with van der Waals surface area (Å²) in [6.07, 6.45) is 2.54. The average Bonchev–Trinajstić information content (AvgIpc) is 3.63. The molecular weight excluding hydrogens is 496 g/mol. The maximum Gasteiger partial charge on any atom is 0.258 e. The number of carbonyl (C=O) groups excluding carboxylic acids is 2. The second kappa shape index (κ2) is 11.2. The van der Waals surface area contributed by atoms with Gasteiger partial charge in [0.2, 0.25) is 0 Å². The number of anilines is 3. The molecule has 0 radical (unpaired) electrons. The Morgan fingerprint density at radius 2 is 1.52 bits per heavy atom. The Hall–Kier alpha value is -4.68. The Kier molecular flexibility index (Phi) is 7.17. The quantitative estimate of drug-likeness (QED) is 0.269. The predicted molar refractivity (Wildman–Crippen MR) is 162 cm³/mol. The summed E-state index contributed by atoms with van der Waals surface area (Å²) in [7, 11) is 1.76. The normalized spacial score (nSPS) is 15.9. The molecule has 4 aromatic carbocycles. The highest BCUT2D eigenvalue weighted by atomic mass is 16.2. The van der Waals surface area contributed by atoms with Crippen molar-refractivity contribution in [2.75, 3.05) is 35.7 Å². The second-order valence-electron chi connectivity index (χ2n) is 10.3. The Morgan fingerprint density at radius 3 is 2.23 bits per heavy atom. The number of rotatable bonds is 7. The molecule has 0 aromatic heterocycles. The van der Waals surface area contributed by atoms with Crippen molar-refractivity contribution in [3.63, 3.8) is 0 Å². The van der Waals surface area contributed by atoms with Crippen LogP contribution in [0.3, 0.4) is 0 Å². The Labute approximate surface area is 234 Å². The van der Waals surface area contributed by atoms with E-state index in [1.807, 2.05) is 72.8 Å². The van der Waals surface area contributed by atoms with Crippen LogP contribution in [-0.4, -0.2) is 36.9 Å². The summed E-state index contributed by atoms with van der Waals surface area (Å²) in [4.78, 5) is 30.9. The molecule has 0 unspecified atom stereocenters. The molecule has 0 aliphatic carbocycles. The van der Waals surface area contributed by atoms with Gasteiger partial charge in [-0.2, -0.15) is 0 Å². The van der Waals surface area contributed by atoms with Crippen molar-refractivity contribution in [2.24, 2.45) is 0 Å². The molecule has 40 heavy (non-hydrogen) atoms. The van der Waals surface area contributed by atoms with Crippen molar-refractivity contribution in [1.82, 2.24) is 4.90 Å². The molecular formula is C34H32N4O2. The van der Waals surface area contributed by atoms with Gasteiger partial charge in [0.1, 0.15) is 0 Å². The van der Waals surface area contributed by atoms with Crippen LogP contribution in [0.5, 0.6) is 0 Å². The average molecular weight is 529 g/mol. The molecule has 2 heterocycles. The fraction of sp³-hybridized carbons (Fsp3) is 0.176. The van der Waals surface area contributed by atoms with E-state index < -0.39 is 0 Å². The third kappa shape index (κ3) is 5.26. The number of hydrogen-bond acceptors (Lipinski definition) is 4. The summed E-state index contributed by atoms with van der Waals surface area (Å²) in [5.74, 6) is -0.344. The smallest absolute Gasteiger partial charge is 0.258 e. The molecule has 1 fully saturated rings. The van der Waals surface area contributed by atoms with Gasteiger partial charge in [-0.3, -0.25) is 14.5 Å². The number of likely N-dealkylation sites (tertiary alicyclic amines) is 1. The Bertz CT molecular complexity index is 1560. The molecule has 2 aliphatic heterocycles. The lowest BCUT2D eigenvalue weighted by Gasteiger charge is -2.18.